The van der Waals surface area contributed by atoms with Gasteiger partial charge in [-0.2, -0.15) is 0 Å². The summed E-state index contributed by atoms with van der Waals surface area (Å²) in [6, 6.07) is 11.8. The second-order valence-corrected chi connectivity index (χ2v) is 5.96. The van der Waals surface area contributed by atoms with Crippen LogP contribution in [0.25, 0.3) is 10.9 Å². The lowest BCUT2D eigenvalue weighted by atomic mass is 10.1. The zero-order valence-corrected chi connectivity index (χ0v) is 14.4. The third-order valence-electron chi connectivity index (χ3n) is 3.95. The van der Waals surface area contributed by atoms with E-state index in [1.165, 1.54) is 12.3 Å². The van der Waals surface area contributed by atoms with E-state index in [0.29, 0.717) is 12.1 Å². The Hall–Kier alpha value is -3.19. The molecule has 0 spiro atoms. The maximum atomic E-state index is 12.6. The minimum atomic E-state index is -0.809. The van der Waals surface area contributed by atoms with E-state index in [-0.39, 0.29) is 16.0 Å². The van der Waals surface area contributed by atoms with Crippen LogP contribution < -0.4 is 5.43 Å². The third kappa shape index (κ3) is 3.16. The smallest absolute Gasteiger partial charge is 0.343 e. The molecule has 0 atom stereocenters. The van der Waals surface area contributed by atoms with Crippen molar-refractivity contribution in [1.29, 1.82) is 0 Å². The van der Waals surface area contributed by atoms with Crippen LogP contribution in [-0.4, -0.2) is 22.6 Å². The van der Waals surface area contributed by atoms with Crippen molar-refractivity contribution in [3.05, 3.63) is 85.1 Å². The molecule has 0 aliphatic heterocycles. The van der Waals surface area contributed by atoms with Crippen molar-refractivity contribution in [2.75, 3.05) is 7.11 Å². The Balaban J connectivity index is 2.33. The Morgan fingerprint density at radius 1 is 1.27 bits per heavy atom. The highest BCUT2D eigenvalue weighted by atomic mass is 35.5. The molecule has 3 rings (SSSR count). The van der Waals surface area contributed by atoms with Crippen molar-refractivity contribution >= 4 is 34.2 Å². The lowest BCUT2D eigenvalue weighted by Crippen LogP contribution is -2.20. The molecular formula is C18H13ClN2O5. The topological polar surface area (TPSA) is 91.4 Å². The molecule has 132 valence electrons. The molecule has 1 aromatic heterocycles. The Labute approximate surface area is 152 Å². The van der Waals surface area contributed by atoms with Gasteiger partial charge in [0.25, 0.3) is 5.69 Å². The molecule has 26 heavy (non-hydrogen) atoms. The first kappa shape index (κ1) is 17.6. The third-order valence-corrected chi connectivity index (χ3v) is 4.25. The molecule has 0 radical (unpaired) electrons. The molecular weight excluding hydrogens is 360 g/mol. The fraction of sp³-hybridized carbons (Fsp3) is 0.111. The highest BCUT2D eigenvalue weighted by molar-refractivity contribution is 6.33. The standard InChI is InChI=1S/C18H13ClN2O5/c1-26-18(23)13-10-20(9-11-5-3-2-4-6-11)15-8-14(19)16(21(24)25)7-12(15)17(13)22/h2-8,10H,9H2,1H3. The number of nitrogens with zero attached hydrogens (tertiary/aromatic N) is 2. The van der Waals surface area contributed by atoms with Crippen LogP contribution in [0, 0.1) is 10.1 Å². The van der Waals surface area contributed by atoms with E-state index in [0.717, 1.165) is 18.7 Å². The van der Waals surface area contributed by atoms with E-state index in [9.17, 15) is 19.7 Å². The highest BCUT2D eigenvalue weighted by Gasteiger charge is 2.21. The SMILES string of the molecule is COC(=O)c1cn(Cc2ccccc2)c2cc(Cl)c([N+](=O)[O-])cc2c1=O. The summed E-state index contributed by atoms with van der Waals surface area (Å²) in [5.74, 6) is -0.809. The van der Waals surface area contributed by atoms with Gasteiger partial charge in [0.15, 0.2) is 0 Å². The maximum Gasteiger partial charge on any atom is 0.343 e. The zero-order valence-electron chi connectivity index (χ0n) is 13.6. The van der Waals surface area contributed by atoms with Crippen LogP contribution in [0.15, 0.2) is 53.5 Å². The number of rotatable bonds is 4. The van der Waals surface area contributed by atoms with Gasteiger partial charge in [-0.3, -0.25) is 14.9 Å². The van der Waals surface area contributed by atoms with E-state index >= 15 is 0 Å². The van der Waals surface area contributed by atoms with Crippen molar-refractivity contribution in [3.63, 3.8) is 0 Å². The second kappa shape index (κ2) is 6.97. The van der Waals surface area contributed by atoms with Gasteiger partial charge in [0, 0.05) is 18.8 Å². The number of ether oxygens (including phenoxy) is 1. The van der Waals surface area contributed by atoms with Crippen LogP contribution in [0.5, 0.6) is 0 Å². The first-order chi connectivity index (χ1) is 12.4. The minimum absolute atomic E-state index is 0.0277. The number of nitro benzene ring substituents is 1. The molecule has 0 N–H and O–H groups in total. The average Bonchev–Trinajstić information content (AvgIpc) is 2.63. The van der Waals surface area contributed by atoms with Gasteiger partial charge in [0.1, 0.15) is 10.6 Å². The fourth-order valence-electron chi connectivity index (χ4n) is 2.71. The molecule has 2 aromatic carbocycles. The number of nitro groups is 1. The molecule has 0 unspecified atom stereocenters. The van der Waals surface area contributed by atoms with Crippen LogP contribution in [0.3, 0.4) is 0 Å². The first-order valence-corrected chi connectivity index (χ1v) is 7.93. The van der Waals surface area contributed by atoms with Crippen molar-refractivity contribution in [3.8, 4) is 0 Å². The summed E-state index contributed by atoms with van der Waals surface area (Å²) in [5.41, 5.74) is 0.0675. The van der Waals surface area contributed by atoms with E-state index < -0.39 is 22.0 Å². The number of aromatic nitrogens is 1. The zero-order chi connectivity index (χ0) is 18.8. The van der Waals surface area contributed by atoms with E-state index in [2.05, 4.69) is 4.74 Å². The number of benzene rings is 2. The molecule has 1 heterocycles. The molecule has 0 fully saturated rings. The van der Waals surface area contributed by atoms with Crippen molar-refractivity contribution < 1.29 is 14.5 Å². The summed E-state index contributed by atoms with van der Waals surface area (Å²) in [7, 11) is 1.16. The molecule has 8 heteroatoms. The molecule has 0 saturated carbocycles. The molecule has 0 aliphatic rings. The largest absolute Gasteiger partial charge is 0.465 e. The van der Waals surface area contributed by atoms with Gasteiger partial charge in [-0.15, -0.1) is 0 Å². The molecule has 0 saturated heterocycles. The van der Waals surface area contributed by atoms with E-state index in [1.54, 1.807) is 4.57 Å². The summed E-state index contributed by atoms with van der Waals surface area (Å²) >= 11 is 6.01. The van der Waals surface area contributed by atoms with Crippen molar-refractivity contribution in [2.45, 2.75) is 6.54 Å². The summed E-state index contributed by atoms with van der Waals surface area (Å²) in [6.45, 7) is 0.343. The normalized spacial score (nSPS) is 10.7. The predicted octanol–water partition coefficient (Wildman–Crippen LogP) is 3.40. The van der Waals surface area contributed by atoms with Gasteiger partial charge in [0.05, 0.1) is 22.9 Å². The molecule has 3 aromatic rings. The lowest BCUT2D eigenvalue weighted by molar-refractivity contribution is -0.384. The number of halogens is 1. The van der Waals surface area contributed by atoms with Gasteiger partial charge in [-0.05, 0) is 11.6 Å². The fourth-order valence-corrected chi connectivity index (χ4v) is 2.93. The van der Waals surface area contributed by atoms with Crippen LogP contribution in [-0.2, 0) is 11.3 Å². The van der Waals surface area contributed by atoms with E-state index in [4.69, 9.17) is 11.6 Å². The Bertz CT molecular complexity index is 1080. The lowest BCUT2D eigenvalue weighted by Gasteiger charge is -2.13. The number of carbonyl (C=O) groups is 1. The second-order valence-electron chi connectivity index (χ2n) is 5.55. The Kier molecular flexibility index (Phi) is 4.73. The summed E-state index contributed by atoms with van der Waals surface area (Å²) in [5, 5.41) is 11.1. The van der Waals surface area contributed by atoms with Crippen LogP contribution in [0.1, 0.15) is 15.9 Å². The van der Waals surface area contributed by atoms with Crippen LogP contribution >= 0.6 is 11.6 Å². The number of hydrogen-bond donors (Lipinski definition) is 0. The number of fused-ring (bicyclic) bond motifs is 1. The maximum absolute atomic E-state index is 12.6. The quantitative estimate of drug-likeness (QED) is 0.397. The van der Waals surface area contributed by atoms with Gasteiger partial charge < -0.3 is 9.30 Å². The van der Waals surface area contributed by atoms with Gasteiger partial charge in [0.2, 0.25) is 5.43 Å². The number of esters is 1. The number of carbonyl (C=O) groups excluding carboxylic acids is 1. The van der Waals surface area contributed by atoms with Crippen molar-refractivity contribution in [1.82, 2.24) is 4.57 Å². The number of methoxy groups -OCH3 is 1. The first-order valence-electron chi connectivity index (χ1n) is 7.55. The molecule has 0 amide bonds. The molecule has 0 bridgehead atoms. The number of hydrogen-bond acceptors (Lipinski definition) is 5. The van der Waals surface area contributed by atoms with Gasteiger partial charge in [-0.1, -0.05) is 41.9 Å². The predicted molar refractivity (Wildman–Crippen MR) is 96.8 cm³/mol. The monoisotopic (exact) mass is 372 g/mol. The van der Waals surface area contributed by atoms with E-state index in [1.807, 2.05) is 30.3 Å². The highest BCUT2D eigenvalue weighted by Crippen LogP contribution is 2.29. The Morgan fingerprint density at radius 3 is 2.58 bits per heavy atom. The number of pyridine rings is 1. The van der Waals surface area contributed by atoms with Crippen LogP contribution in [0.4, 0.5) is 5.69 Å². The average molecular weight is 373 g/mol. The summed E-state index contributed by atoms with van der Waals surface area (Å²) < 4.78 is 6.31. The summed E-state index contributed by atoms with van der Waals surface area (Å²) in [6.07, 6.45) is 1.38. The molecule has 7 nitrogen and oxygen atoms in total. The van der Waals surface area contributed by atoms with Crippen LogP contribution in [0.2, 0.25) is 5.02 Å². The molecule has 0 aliphatic carbocycles. The summed E-state index contributed by atoms with van der Waals surface area (Å²) in [4.78, 5) is 35.1. The Morgan fingerprint density at radius 2 is 1.96 bits per heavy atom. The minimum Gasteiger partial charge on any atom is -0.465 e. The van der Waals surface area contributed by atoms with Gasteiger partial charge in [-0.25, -0.2) is 4.79 Å². The van der Waals surface area contributed by atoms with Gasteiger partial charge >= 0.3 is 5.97 Å². The van der Waals surface area contributed by atoms with Crippen molar-refractivity contribution in [2.24, 2.45) is 0 Å².